The number of anilines is 2. The highest BCUT2D eigenvalue weighted by molar-refractivity contribution is 6.32. The van der Waals surface area contributed by atoms with Crippen LogP contribution in [-0.2, 0) is 4.79 Å². The van der Waals surface area contributed by atoms with Gasteiger partial charge in [-0.25, -0.2) is 0 Å². The minimum Gasteiger partial charge on any atom is -0.481 e. The number of nitrogens with zero attached hydrogens (tertiary/aromatic N) is 2. The van der Waals surface area contributed by atoms with Crippen LogP contribution >= 0.6 is 11.6 Å². The SMILES string of the molecule is Cc1c(Cl)ccc2c1N(C)CCCN2CCC(=O)O. The standard InChI is InChI=1S/C14H19ClN2O2/c1-10-11(15)4-5-12-14(10)16(2)7-3-8-17(12)9-6-13(18)19/h4-5H,3,6-9H2,1-2H3,(H,18,19). The molecule has 104 valence electrons. The Bertz CT molecular complexity index is 491. The van der Waals surface area contributed by atoms with Crippen molar-refractivity contribution < 1.29 is 9.90 Å². The van der Waals surface area contributed by atoms with Gasteiger partial charge in [0.15, 0.2) is 0 Å². The minimum absolute atomic E-state index is 0.158. The molecule has 0 fully saturated rings. The smallest absolute Gasteiger partial charge is 0.305 e. The van der Waals surface area contributed by atoms with Crippen LogP contribution in [-0.4, -0.2) is 37.8 Å². The predicted octanol–water partition coefficient (Wildman–Crippen LogP) is 2.77. The van der Waals surface area contributed by atoms with E-state index in [4.69, 9.17) is 16.7 Å². The first-order valence-corrected chi connectivity index (χ1v) is 6.85. The van der Waals surface area contributed by atoms with Crippen molar-refractivity contribution >= 4 is 28.9 Å². The van der Waals surface area contributed by atoms with Gasteiger partial charge in [0, 0.05) is 31.7 Å². The van der Waals surface area contributed by atoms with Crippen LogP contribution in [0.1, 0.15) is 18.4 Å². The van der Waals surface area contributed by atoms with Gasteiger partial charge < -0.3 is 14.9 Å². The van der Waals surface area contributed by atoms with E-state index in [1.165, 1.54) is 0 Å². The molecule has 2 rings (SSSR count). The maximum absolute atomic E-state index is 10.8. The third kappa shape index (κ3) is 2.95. The monoisotopic (exact) mass is 282 g/mol. The van der Waals surface area contributed by atoms with Crippen LogP contribution in [0.25, 0.3) is 0 Å². The molecule has 4 nitrogen and oxygen atoms in total. The lowest BCUT2D eigenvalue weighted by Crippen LogP contribution is -2.26. The molecule has 1 aromatic carbocycles. The van der Waals surface area contributed by atoms with Gasteiger partial charge in [0.05, 0.1) is 17.8 Å². The van der Waals surface area contributed by atoms with Crippen molar-refractivity contribution in [2.75, 3.05) is 36.5 Å². The van der Waals surface area contributed by atoms with Crippen LogP contribution in [0.3, 0.4) is 0 Å². The molecule has 1 aromatic rings. The van der Waals surface area contributed by atoms with Crippen LogP contribution in [0, 0.1) is 6.92 Å². The van der Waals surface area contributed by atoms with E-state index in [-0.39, 0.29) is 6.42 Å². The summed E-state index contributed by atoms with van der Waals surface area (Å²) >= 11 is 6.20. The van der Waals surface area contributed by atoms with Gasteiger partial charge in [-0.2, -0.15) is 0 Å². The van der Waals surface area contributed by atoms with Crippen LogP contribution in [0.4, 0.5) is 11.4 Å². The van der Waals surface area contributed by atoms with Crippen molar-refractivity contribution in [3.8, 4) is 0 Å². The van der Waals surface area contributed by atoms with Crippen molar-refractivity contribution in [1.29, 1.82) is 0 Å². The molecule has 19 heavy (non-hydrogen) atoms. The van der Waals surface area contributed by atoms with Crippen molar-refractivity contribution in [3.05, 3.63) is 22.7 Å². The van der Waals surface area contributed by atoms with Crippen LogP contribution in [0.5, 0.6) is 0 Å². The van der Waals surface area contributed by atoms with Gasteiger partial charge in [0.1, 0.15) is 0 Å². The van der Waals surface area contributed by atoms with E-state index in [9.17, 15) is 4.79 Å². The number of carbonyl (C=O) groups is 1. The summed E-state index contributed by atoms with van der Waals surface area (Å²) in [6, 6.07) is 3.89. The highest BCUT2D eigenvalue weighted by Gasteiger charge is 2.21. The van der Waals surface area contributed by atoms with E-state index in [0.717, 1.165) is 41.5 Å². The molecule has 5 heteroatoms. The molecule has 0 amide bonds. The number of aliphatic carboxylic acids is 1. The highest BCUT2D eigenvalue weighted by atomic mass is 35.5. The largest absolute Gasteiger partial charge is 0.481 e. The molecular weight excluding hydrogens is 264 g/mol. The van der Waals surface area contributed by atoms with Gasteiger partial charge in [-0.3, -0.25) is 4.79 Å². The van der Waals surface area contributed by atoms with E-state index < -0.39 is 5.97 Å². The molecule has 0 radical (unpaired) electrons. The first kappa shape index (κ1) is 14.0. The fourth-order valence-corrected chi connectivity index (χ4v) is 2.74. The number of benzene rings is 1. The number of carboxylic acid groups (broad SMARTS) is 1. The molecule has 0 aliphatic carbocycles. The first-order chi connectivity index (χ1) is 9.00. The van der Waals surface area contributed by atoms with E-state index >= 15 is 0 Å². The van der Waals surface area contributed by atoms with Gasteiger partial charge in [0.2, 0.25) is 0 Å². The molecule has 0 bridgehead atoms. The summed E-state index contributed by atoms with van der Waals surface area (Å²) in [7, 11) is 2.06. The Labute approximate surface area is 118 Å². The second-order valence-corrected chi connectivity index (χ2v) is 5.35. The quantitative estimate of drug-likeness (QED) is 0.926. The predicted molar refractivity (Wildman–Crippen MR) is 78.5 cm³/mol. The molecule has 0 aromatic heterocycles. The summed E-state index contributed by atoms with van der Waals surface area (Å²) in [4.78, 5) is 15.1. The second kappa shape index (κ2) is 5.70. The summed E-state index contributed by atoms with van der Waals surface area (Å²) in [5.41, 5.74) is 3.27. The molecular formula is C14H19ClN2O2. The Morgan fingerprint density at radius 3 is 2.84 bits per heavy atom. The average Bonchev–Trinajstić information content (AvgIpc) is 2.51. The van der Waals surface area contributed by atoms with Gasteiger partial charge in [-0.15, -0.1) is 0 Å². The summed E-state index contributed by atoms with van der Waals surface area (Å²) in [6.07, 6.45) is 1.17. The number of carboxylic acids is 1. The molecule has 0 unspecified atom stereocenters. The first-order valence-electron chi connectivity index (χ1n) is 6.47. The van der Waals surface area contributed by atoms with Gasteiger partial charge in [0.25, 0.3) is 0 Å². The number of rotatable bonds is 3. The number of hydrogen-bond acceptors (Lipinski definition) is 3. The molecule has 1 N–H and O–H groups in total. The molecule has 0 saturated carbocycles. The molecule has 0 spiro atoms. The Morgan fingerprint density at radius 1 is 1.42 bits per heavy atom. The zero-order valence-corrected chi connectivity index (χ0v) is 12.1. The highest BCUT2D eigenvalue weighted by Crippen LogP contribution is 2.38. The van der Waals surface area contributed by atoms with Crippen molar-refractivity contribution in [3.63, 3.8) is 0 Å². The van der Waals surface area contributed by atoms with E-state index in [1.807, 2.05) is 19.1 Å². The maximum atomic E-state index is 10.8. The van der Waals surface area contributed by atoms with Crippen LogP contribution in [0.15, 0.2) is 12.1 Å². The third-order valence-electron chi connectivity index (χ3n) is 3.58. The Hall–Kier alpha value is -1.42. The fraction of sp³-hybridized carbons (Fsp3) is 0.500. The molecule has 1 aliphatic rings. The molecule has 1 aliphatic heterocycles. The average molecular weight is 283 g/mol. The van der Waals surface area contributed by atoms with Crippen molar-refractivity contribution in [2.24, 2.45) is 0 Å². The summed E-state index contributed by atoms with van der Waals surface area (Å²) in [6.45, 7) is 4.39. The maximum Gasteiger partial charge on any atom is 0.305 e. The Kier molecular flexibility index (Phi) is 4.20. The summed E-state index contributed by atoms with van der Waals surface area (Å²) in [5.74, 6) is -0.759. The van der Waals surface area contributed by atoms with E-state index in [1.54, 1.807) is 0 Å². The normalized spacial score (nSPS) is 15.1. The van der Waals surface area contributed by atoms with E-state index in [0.29, 0.717) is 6.54 Å². The Balaban J connectivity index is 2.37. The lowest BCUT2D eigenvalue weighted by Gasteiger charge is -2.27. The minimum atomic E-state index is -0.759. The molecule has 0 saturated heterocycles. The van der Waals surface area contributed by atoms with Gasteiger partial charge >= 0.3 is 5.97 Å². The van der Waals surface area contributed by atoms with Gasteiger partial charge in [-0.1, -0.05) is 11.6 Å². The lowest BCUT2D eigenvalue weighted by atomic mass is 10.1. The zero-order valence-electron chi connectivity index (χ0n) is 11.3. The molecule has 1 heterocycles. The zero-order chi connectivity index (χ0) is 14.0. The third-order valence-corrected chi connectivity index (χ3v) is 3.99. The number of halogens is 1. The summed E-state index contributed by atoms with van der Waals surface area (Å²) < 4.78 is 0. The second-order valence-electron chi connectivity index (χ2n) is 4.95. The molecule has 0 atom stereocenters. The fourth-order valence-electron chi connectivity index (χ4n) is 2.59. The van der Waals surface area contributed by atoms with Gasteiger partial charge in [-0.05, 0) is 31.0 Å². The Morgan fingerprint density at radius 2 is 2.16 bits per heavy atom. The number of hydrogen-bond donors (Lipinski definition) is 1. The summed E-state index contributed by atoms with van der Waals surface area (Å²) in [5, 5.41) is 9.61. The van der Waals surface area contributed by atoms with E-state index in [2.05, 4.69) is 16.8 Å². The lowest BCUT2D eigenvalue weighted by molar-refractivity contribution is -0.136. The van der Waals surface area contributed by atoms with Crippen LogP contribution < -0.4 is 9.80 Å². The number of fused-ring (bicyclic) bond motifs is 1. The topological polar surface area (TPSA) is 43.8 Å². The van der Waals surface area contributed by atoms with Crippen molar-refractivity contribution in [2.45, 2.75) is 19.8 Å². The van der Waals surface area contributed by atoms with Crippen LogP contribution in [0.2, 0.25) is 5.02 Å². The van der Waals surface area contributed by atoms with Crippen molar-refractivity contribution in [1.82, 2.24) is 0 Å².